The first-order chi connectivity index (χ1) is 11.5. The van der Waals surface area contributed by atoms with E-state index in [1.807, 2.05) is 42.5 Å². The summed E-state index contributed by atoms with van der Waals surface area (Å²) in [6.45, 7) is 4.68. The number of carbonyl (C=O) groups excluding carboxylic acids is 1. The van der Waals surface area contributed by atoms with Crippen LogP contribution in [0.2, 0.25) is 0 Å². The third-order valence-electron chi connectivity index (χ3n) is 4.10. The van der Waals surface area contributed by atoms with E-state index in [0.29, 0.717) is 12.5 Å². The van der Waals surface area contributed by atoms with E-state index in [9.17, 15) is 4.79 Å². The molecule has 5 heteroatoms. The summed E-state index contributed by atoms with van der Waals surface area (Å²) in [4.78, 5) is 12.4. The third-order valence-corrected chi connectivity index (χ3v) is 4.10. The molecule has 0 saturated carbocycles. The highest BCUT2D eigenvalue weighted by molar-refractivity contribution is 5.85. The van der Waals surface area contributed by atoms with Crippen molar-refractivity contribution in [1.29, 1.82) is 0 Å². The van der Waals surface area contributed by atoms with Crippen LogP contribution in [0.5, 0.6) is 0 Å². The molecule has 2 aromatic carbocycles. The molecule has 2 rings (SSSR count). The molecule has 2 unspecified atom stereocenters. The minimum atomic E-state index is -0.623. The number of hydrogen-bond donors (Lipinski definition) is 2. The average molecular weight is 363 g/mol. The zero-order valence-electron chi connectivity index (χ0n) is 14.9. The predicted molar refractivity (Wildman–Crippen MR) is 104 cm³/mol. The van der Waals surface area contributed by atoms with E-state index in [4.69, 9.17) is 10.5 Å². The van der Waals surface area contributed by atoms with Crippen LogP contribution in [0, 0.1) is 0 Å². The molecule has 0 aliphatic heterocycles. The van der Waals surface area contributed by atoms with Gasteiger partial charge in [-0.1, -0.05) is 68.4 Å². The molecule has 0 heterocycles. The lowest BCUT2D eigenvalue weighted by Gasteiger charge is -2.18. The number of nitrogens with one attached hydrogen (secondary N) is 1. The SMILES string of the molecule is COC(C(=O)NCC(N)c1ccc(C(C)C)cc1)c1ccccc1.Cl. The molecule has 2 atom stereocenters. The molecule has 0 spiro atoms. The number of ether oxygens (including phenoxy) is 1. The topological polar surface area (TPSA) is 64.3 Å². The smallest absolute Gasteiger partial charge is 0.253 e. The lowest BCUT2D eigenvalue weighted by atomic mass is 9.99. The van der Waals surface area contributed by atoms with Gasteiger partial charge in [0, 0.05) is 19.7 Å². The first-order valence-corrected chi connectivity index (χ1v) is 8.23. The Morgan fingerprint density at radius 2 is 1.56 bits per heavy atom. The van der Waals surface area contributed by atoms with E-state index in [-0.39, 0.29) is 24.4 Å². The first kappa shape index (κ1) is 21.2. The lowest BCUT2D eigenvalue weighted by Crippen LogP contribution is -2.35. The van der Waals surface area contributed by atoms with E-state index in [0.717, 1.165) is 11.1 Å². The second kappa shape index (κ2) is 10.2. The molecule has 4 nitrogen and oxygen atoms in total. The highest BCUT2D eigenvalue weighted by atomic mass is 35.5. The van der Waals surface area contributed by atoms with E-state index >= 15 is 0 Å². The number of rotatable bonds is 7. The van der Waals surface area contributed by atoms with Crippen LogP contribution in [-0.4, -0.2) is 19.6 Å². The Balaban J connectivity index is 0.00000312. The van der Waals surface area contributed by atoms with Gasteiger partial charge < -0.3 is 15.8 Å². The number of hydrogen-bond acceptors (Lipinski definition) is 3. The van der Waals surface area contributed by atoms with Gasteiger partial charge in [-0.2, -0.15) is 0 Å². The van der Waals surface area contributed by atoms with Crippen molar-refractivity contribution < 1.29 is 9.53 Å². The molecule has 1 amide bonds. The van der Waals surface area contributed by atoms with Gasteiger partial charge in [0.2, 0.25) is 0 Å². The van der Waals surface area contributed by atoms with Gasteiger partial charge in [-0.15, -0.1) is 12.4 Å². The Bertz CT molecular complexity index is 645. The molecule has 136 valence electrons. The zero-order valence-corrected chi connectivity index (χ0v) is 15.8. The summed E-state index contributed by atoms with van der Waals surface area (Å²) in [5.74, 6) is 0.307. The molecule has 0 aliphatic rings. The van der Waals surface area contributed by atoms with Gasteiger partial charge in [0.1, 0.15) is 0 Å². The van der Waals surface area contributed by atoms with Crippen molar-refractivity contribution in [1.82, 2.24) is 5.32 Å². The number of benzene rings is 2. The van der Waals surface area contributed by atoms with Crippen molar-refractivity contribution in [3.8, 4) is 0 Å². The second-order valence-corrected chi connectivity index (χ2v) is 6.20. The minimum absolute atomic E-state index is 0. The van der Waals surface area contributed by atoms with Gasteiger partial charge in [0.25, 0.3) is 5.91 Å². The van der Waals surface area contributed by atoms with E-state index in [1.54, 1.807) is 0 Å². The summed E-state index contributed by atoms with van der Waals surface area (Å²) < 4.78 is 5.33. The van der Waals surface area contributed by atoms with Crippen LogP contribution in [0.3, 0.4) is 0 Å². The molecule has 25 heavy (non-hydrogen) atoms. The number of methoxy groups -OCH3 is 1. The summed E-state index contributed by atoms with van der Waals surface area (Å²) in [6.07, 6.45) is -0.623. The van der Waals surface area contributed by atoms with Crippen molar-refractivity contribution in [3.05, 3.63) is 71.3 Å². The highest BCUT2D eigenvalue weighted by Gasteiger charge is 2.20. The fourth-order valence-electron chi connectivity index (χ4n) is 2.57. The third kappa shape index (κ3) is 5.85. The van der Waals surface area contributed by atoms with Crippen LogP contribution in [-0.2, 0) is 9.53 Å². The average Bonchev–Trinajstić information content (AvgIpc) is 2.61. The molecular weight excluding hydrogens is 336 g/mol. The molecule has 0 radical (unpaired) electrons. The van der Waals surface area contributed by atoms with Gasteiger partial charge in [0.15, 0.2) is 6.10 Å². The maximum absolute atomic E-state index is 12.4. The fraction of sp³-hybridized carbons (Fsp3) is 0.350. The summed E-state index contributed by atoms with van der Waals surface area (Å²) in [5, 5.41) is 2.88. The molecule has 0 aromatic heterocycles. The maximum atomic E-state index is 12.4. The Morgan fingerprint density at radius 3 is 2.08 bits per heavy atom. The molecule has 0 bridgehead atoms. The van der Waals surface area contributed by atoms with Crippen LogP contribution in [0.25, 0.3) is 0 Å². The normalized spacial score (nSPS) is 13.0. The van der Waals surface area contributed by atoms with Crippen molar-refractivity contribution in [2.75, 3.05) is 13.7 Å². The Labute approximate surface area is 156 Å². The number of amides is 1. The van der Waals surface area contributed by atoms with Crippen LogP contribution in [0.15, 0.2) is 54.6 Å². The van der Waals surface area contributed by atoms with Gasteiger partial charge in [-0.05, 0) is 22.6 Å². The van der Waals surface area contributed by atoms with E-state index < -0.39 is 6.10 Å². The molecule has 3 N–H and O–H groups in total. The molecule has 0 fully saturated rings. The zero-order chi connectivity index (χ0) is 17.5. The minimum Gasteiger partial charge on any atom is -0.367 e. The van der Waals surface area contributed by atoms with Crippen molar-refractivity contribution in [2.45, 2.75) is 31.9 Å². The highest BCUT2D eigenvalue weighted by Crippen LogP contribution is 2.19. The molecular formula is C20H27ClN2O2. The summed E-state index contributed by atoms with van der Waals surface area (Å²) in [5.41, 5.74) is 9.30. The van der Waals surface area contributed by atoms with Crippen molar-refractivity contribution in [3.63, 3.8) is 0 Å². The lowest BCUT2D eigenvalue weighted by molar-refractivity contribution is -0.131. The van der Waals surface area contributed by atoms with Gasteiger partial charge in [-0.3, -0.25) is 4.79 Å². The second-order valence-electron chi connectivity index (χ2n) is 6.20. The predicted octanol–water partition coefficient (Wildman–Crippen LogP) is 3.74. The number of nitrogens with two attached hydrogens (primary N) is 1. The summed E-state index contributed by atoms with van der Waals surface area (Å²) >= 11 is 0. The molecule has 0 aliphatic carbocycles. The summed E-state index contributed by atoms with van der Waals surface area (Å²) in [7, 11) is 1.53. The van der Waals surface area contributed by atoms with E-state index in [2.05, 4.69) is 31.3 Å². The number of halogens is 1. The largest absolute Gasteiger partial charge is 0.367 e. The van der Waals surface area contributed by atoms with E-state index in [1.165, 1.54) is 12.7 Å². The van der Waals surface area contributed by atoms with Crippen molar-refractivity contribution in [2.24, 2.45) is 5.73 Å². The van der Waals surface area contributed by atoms with Crippen LogP contribution < -0.4 is 11.1 Å². The van der Waals surface area contributed by atoms with Gasteiger partial charge in [0.05, 0.1) is 0 Å². The first-order valence-electron chi connectivity index (χ1n) is 8.23. The standard InChI is InChI=1S/C20H26N2O2.ClH/c1-14(2)15-9-11-16(12-10-15)18(21)13-22-20(23)19(24-3)17-7-5-4-6-8-17;/h4-12,14,18-19H,13,21H2,1-3H3,(H,22,23);1H. The molecule has 2 aromatic rings. The van der Waals surface area contributed by atoms with Crippen LogP contribution in [0.4, 0.5) is 0 Å². The summed E-state index contributed by atoms with van der Waals surface area (Å²) in [6, 6.07) is 17.4. The van der Waals surface area contributed by atoms with Gasteiger partial charge >= 0.3 is 0 Å². The van der Waals surface area contributed by atoms with Crippen LogP contribution in [0.1, 0.15) is 48.6 Å². The molecule has 0 saturated heterocycles. The fourth-order valence-corrected chi connectivity index (χ4v) is 2.57. The van der Waals surface area contributed by atoms with Crippen molar-refractivity contribution >= 4 is 18.3 Å². The maximum Gasteiger partial charge on any atom is 0.253 e. The van der Waals surface area contributed by atoms with Gasteiger partial charge in [-0.25, -0.2) is 0 Å². The number of carbonyl (C=O) groups is 1. The Kier molecular flexibility index (Phi) is 8.62. The monoisotopic (exact) mass is 362 g/mol. The Hall–Kier alpha value is -1.88. The Morgan fingerprint density at radius 1 is 1.00 bits per heavy atom. The quantitative estimate of drug-likeness (QED) is 0.788. The van der Waals surface area contributed by atoms with Crippen LogP contribution >= 0.6 is 12.4 Å².